The van der Waals surface area contributed by atoms with E-state index in [1.165, 1.54) is 0 Å². The number of alkyl carbamates (subject to hydrolysis) is 1. The van der Waals surface area contributed by atoms with Crippen LogP contribution in [0.25, 0.3) is 0 Å². The number of benzene rings is 1. The van der Waals surface area contributed by atoms with Gasteiger partial charge in [-0.1, -0.05) is 23.7 Å². The molecule has 1 heterocycles. The van der Waals surface area contributed by atoms with Gasteiger partial charge in [0.25, 0.3) is 0 Å². The van der Waals surface area contributed by atoms with Crippen LogP contribution < -0.4 is 5.32 Å². The summed E-state index contributed by atoms with van der Waals surface area (Å²) >= 11 is 5.75. The number of halogens is 1. The van der Waals surface area contributed by atoms with Gasteiger partial charge in [0, 0.05) is 5.02 Å². The lowest BCUT2D eigenvalue weighted by Crippen LogP contribution is -2.32. The zero-order valence-electron chi connectivity index (χ0n) is 9.53. The monoisotopic (exact) mass is 255 g/mol. The Balaban J connectivity index is 1.70. The van der Waals surface area contributed by atoms with Gasteiger partial charge in [-0.15, -0.1) is 0 Å². The van der Waals surface area contributed by atoms with E-state index < -0.39 is 6.09 Å². The van der Waals surface area contributed by atoms with Gasteiger partial charge >= 0.3 is 6.09 Å². The lowest BCUT2D eigenvalue weighted by molar-refractivity contribution is 0.136. The van der Waals surface area contributed by atoms with Gasteiger partial charge in [-0.05, 0) is 24.6 Å². The third-order valence-corrected chi connectivity index (χ3v) is 2.78. The van der Waals surface area contributed by atoms with Gasteiger partial charge in [0.2, 0.25) is 0 Å². The number of hydrogen-bond donors (Lipinski definition) is 1. The van der Waals surface area contributed by atoms with E-state index in [9.17, 15) is 4.79 Å². The summed E-state index contributed by atoms with van der Waals surface area (Å²) in [4.78, 5) is 11.3. The van der Waals surface area contributed by atoms with Crippen molar-refractivity contribution in [2.45, 2.75) is 19.1 Å². The zero-order chi connectivity index (χ0) is 12.3. The highest BCUT2D eigenvalue weighted by Crippen LogP contribution is 2.24. The maximum absolute atomic E-state index is 11.3. The fraction of sp³-hybridized carbons (Fsp3) is 0.417. The predicted molar refractivity (Wildman–Crippen MR) is 64.0 cm³/mol. The molecule has 5 heteroatoms. The Labute approximate surface area is 105 Å². The van der Waals surface area contributed by atoms with Gasteiger partial charge in [-0.25, -0.2) is 4.79 Å². The molecule has 1 amide bonds. The van der Waals surface area contributed by atoms with Gasteiger partial charge in [0.15, 0.2) is 0 Å². The van der Waals surface area contributed by atoms with Gasteiger partial charge in [0.1, 0.15) is 12.2 Å². The van der Waals surface area contributed by atoms with Crippen molar-refractivity contribution >= 4 is 17.7 Å². The standard InChI is InChI=1S/C12H14ClNO3/c1-12(8-17-12)7-14-11(15)16-6-9-2-4-10(13)5-3-9/h2-5H,6-8H2,1H3,(H,14,15). The quantitative estimate of drug-likeness (QED) is 0.841. The van der Waals surface area contributed by atoms with Crippen LogP contribution in [0.1, 0.15) is 12.5 Å². The van der Waals surface area contributed by atoms with Crippen LogP contribution in [0, 0.1) is 0 Å². The Hall–Kier alpha value is -1.26. The van der Waals surface area contributed by atoms with Crippen molar-refractivity contribution < 1.29 is 14.3 Å². The summed E-state index contributed by atoms with van der Waals surface area (Å²) in [5, 5.41) is 3.32. The van der Waals surface area contributed by atoms with Crippen molar-refractivity contribution in [3.8, 4) is 0 Å². The van der Waals surface area contributed by atoms with Crippen molar-refractivity contribution in [2.24, 2.45) is 0 Å². The minimum Gasteiger partial charge on any atom is -0.445 e. The third kappa shape index (κ3) is 3.91. The van der Waals surface area contributed by atoms with Gasteiger partial charge in [0.05, 0.1) is 13.2 Å². The maximum Gasteiger partial charge on any atom is 0.407 e. The smallest absolute Gasteiger partial charge is 0.407 e. The molecular formula is C12H14ClNO3. The van der Waals surface area contributed by atoms with Crippen LogP contribution in [0.4, 0.5) is 4.79 Å². The number of carbonyl (C=O) groups is 1. The average Bonchev–Trinajstić information content (AvgIpc) is 3.05. The van der Waals surface area contributed by atoms with Crippen molar-refractivity contribution in [1.29, 1.82) is 0 Å². The molecule has 2 rings (SSSR count). The number of amides is 1. The summed E-state index contributed by atoms with van der Waals surface area (Å²) in [6.07, 6.45) is -0.434. The molecule has 0 radical (unpaired) electrons. The van der Waals surface area contributed by atoms with Crippen LogP contribution in [0.3, 0.4) is 0 Å². The topological polar surface area (TPSA) is 50.9 Å². The van der Waals surface area contributed by atoms with Crippen LogP contribution in [0.5, 0.6) is 0 Å². The molecule has 17 heavy (non-hydrogen) atoms. The van der Waals surface area contributed by atoms with Gasteiger partial charge < -0.3 is 14.8 Å². The van der Waals surface area contributed by atoms with Crippen molar-refractivity contribution in [1.82, 2.24) is 5.32 Å². The van der Waals surface area contributed by atoms with Crippen LogP contribution in [-0.4, -0.2) is 24.8 Å². The molecule has 1 saturated heterocycles. The second kappa shape index (κ2) is 4.94. The number of hydrogen-bond acceptors (Lipinski definition) is 3. The van der Waals surface area contributed by atoms with E-state index in [-0.39, 0.29) is 12.2 Å². The first-order valence-electron chi connectivity index (χ1n) is 5.36. The molecule has 0 aromatic heterocycles. The highest BCUT2D eigenvalue weighted by Gasteiger charge is 2.39. The molecule has 1 atom stereocenters. The summed E-state index contributed by atoms with van der Waals surface area (Å²) < 4.78 is 10.2. The van der Waals surface area contributed by atoms with E-state index in [0.717, 1.165) is 5.56 Å². The Morgan fingerprint density at radius 3 is 2.76 bits per heavy atom. The molecule has 92 valence electrons. The highest BCUT2D eigenvalue weighted by molar-refractivity contribution is 6.30. The van der Waals surface area contributed by atoms with Crippen LogP contribution >= 0.6 is 11.6 Å². The molecule has 0 bridgehead atoms. The Morgan fingerprint density at radius 2 is 2.18 bits per heavy atom. The largest absolute Gasteiger partial charge is 0.445 e. The van der Waals surface area contributed by atoms with E-state index in [4.69, 9.17) is 21.1 Å². The lowest BCUT2D eigenvalue weighted by Gasteiger charge is -2.08. The van der Waals surface area contributed by atoms with E-state index in [0.29, 0.717) is 18.2 Å². The zero-order valence-corrected chi connectivity index (χ0v) is 10.3. The summed E-state index contributed by atoms with van der Waals surface area (Å²) in [5.41, 5.74) is 0.706. The number of epoxide rings is 1. The SMILES string of the molecule is CC1(CNC(=O)OCc2ccc(Cl)cc2)CO1. The van der Waals surface area contributed by atoms with Crippen molar-refractivity contribution in [3.05, 3.63) is 34.9 Å². The Bertz CT molecular complexity index is 401. The summed E-state index contributed by atoms with van der Waals surface area (Å²) in [6.45, 7) is 3.34. The first kappa shape index (κ1) is 12.2. The third-order valence-electron chi connectivity index (χ3n) is 2.53. The average molecular weight is 256 g/mol. The minimum atomic E-state index is -0.434. The Kier molecular flexibility index (Phi) is 3.54. The molecule has 1 fully saturated rings. The molecule has 0 aliphatic carbocycles. The predicted octanol–water partition coefficient (Wildman–Crippen LogP) is 2.36. The second-order valence-corrected chi connectivity index (χ2v) is 4.73. The van der Waals surface area contributed by atoms with Crippen molar-refractivity contribution in [2.75, 3.05) is 13.2 Å². The Morgan fingerprint density at radius 1 is 1.53 bits per heavy atom. The molecule has 0 spiro atoms. The summed E-state index contributed by atoms with van der Waals surface area (Å²) in [7, 11) is 0. The number of rotatable bonds is 4. The number of nitrogens with one attached hydrogen (secondary N) is 1. The molecule has 1 aliphatic heterocycles. The van der Waals surface area contributed by atoms with Crippen LogP contribution in [-0.2, 0) is 16.1 Å². The fourth-order valence-electron chi connectivity index (χ4n) is 1.26. The molecule has 1 N–H and O–H groups in total. The molecular weight excluding hydrogens is 242 g/mol. The first-order chi connectivity index (χ1) is 8.07. The number of ether oxygens (including phenoxy) is 2. The van der Waals surface area contributed by atoms with E-state index in [1.54, 1.807) is 12.1 Å². The molecule has 0 saturated carbocycles. The highest BCUT2D eigenvalue weighted by atomic mass is 35.5. The van der Waals surface area contributed by atoms with E-state index in [2.05, 4.69) is 5.32 Å². The van der Waals surface area contributed by atoms with E-state index >= 15 is 0 Å². The molecule has 1 aromatic rings. The minimum absolute atomic E-state index is 0.195. The normalized spacial score (nSPS) is 22.0. The van der Waals surface area contributed by atoms with Crippen molar-refractivity contribution in [3.63, 3.8) is 0 Å². The van der Waals surface area contributed by atoms with Crippen LogP contribution in [0.2, 0.25) is 5.02 Å². The van der Waals surface area contributed by atoms with Gasteiger partial charge in [-0.3, -0.25) is 0 Å². The molecule has 1 aromatic carbocycles. The maximum atomic E-state index is 11.3. The molecule has 1 unspecified atom stereocenters. The summed E-state index contributed by atoms with van der Waals surface area (Å²) in [6, 6.07) is 7.16. The van der Waals surface area contributed by atoms with Crippen LogP contribution in [0.15, 0.2) is 24.3 Å². The molecule has 1 aliphatic rings. The fourth-order valence-corrected chi connectivity index (χ4v) is 1.39. The van der Waals surface area contributed by atoms with E-state index in [1.807, 2.05) is 19.1 Å². The van der Waals surface area contributed by atoms with Gasteiger partial charge in [-0.2, -0.15) is 0 Å². The molecule has 4 nitrogen and oxygen atoms in total. The summed E-state index contributed by atoms with van der Waals surface area (Å²) in [5.74, 6) is 0. The first-order valence-corrected chi connectivity index (χ1v) is 5.74. The lowest BCUT2D eigenvalue weighted by atomic mass is 10.2. The second-order valence-electron chi connectivity index (χ2n) is 4.29. The number of carbonyl (C=O) groups excluding carboxylic acids is 1.